The van der Waals surface area contributed by atoms with Crippen molar-refractivity contribution in [2.24, 2.45) is 0 Å². The van der Waals surface area contributed by atoms with Gasteiger partial charge in [-0.2, -0.15) is 0 Å². The number of nitrogens with zero attached hydrogens (tertiary/aromatic N) is 4. The maximum Gasteiger partial charge on any atom is 0.253 e. The van der Waals surface area contributed by atoms with Gasteiger partial charge in [-0.1, -0.05) is 18.2 Å². The number of fused-ring (bicyclic) bond motifs is 1. The molecule has 0 spiro atoms. The molecular weight excluding hydrogens is 400 g/mol. The Kier molecular flexibility index (Phi) is 5.91. The third kappa shape index (κ3) is 4.27. The average molecular weight is 425 g/mol. The number of carbonyl (C=O) groups is 1. The normalized spacial score (nSPS) is 15.7. The van der Waals surface area contributed by atoms with Gasteiger partial charge in [-0.15, -0.1) is 0 Å². The number of carbonyl (C=O) groups excluding carboxylic acids is 1. The van der Waals surface area contributed by atoms with Gasteiger partial charge in [0.25, 0.3) is 5.91 Å². The summed E-state index contributed by atoms with van der Waals surface area (Å²) in [5, 5.41) is 2.99. The molecule has 1 aliphatic rings. The molecule has 1 amide bonds. The Balaban J connectivity index is 1.55. The molecule has 1 aliphatic heterocycles. The summed E-state index contributed by atoms with van der Waals surface area (Å²) in [5.41, 5.74) is 1.98. The lowest BCUT2D eigenvalue weighted by Crippen LogP contribution is -2.47. The molecule has 30 heavy (non-hydrogen) atoms. The van der Waals surface area contributed by atoms with Gasteiger partial charge in [0.05, 0.1) is 15.9 Å². The maximum absolute atomic E-state index is 13.0. The Labute approximate surface area is 177 Å². The summed E-state index contributed by atoms with van der Waals surface area (Å²) in [6.45, 7) is 3.09. The number of rotatable bonds is 5. The first-order valence-electron chi connectivity index (χ1n) is 9.76. The number of likely N-dealkylation sites (N-methyl/N-ethyl adjacent to an activating group) is 1. The van der Waals surface area contributed by atoms with E-state index in [4.69, 9.17) is 0 Å². The van der Waals surface area contributed by atoms with Crippen molar-refractivity contribution in [3.8, 4) is 0 Å². The fourth-order valence-electron chi connectivity index (χ4n) is 3.33. The second-order valence-electron chi connectivity index (χ2n) is 7.15. The van der Waals surface area contributed by atoms with Crippen molar-refractivity contribution in [1.29, 1.82) is 0 Å². The molecule has 0 saturated carbocycles. The topological polar surface area (TPSA) is 90.5 Å². The summed E-state index contributed by atoms with van der Waals surface area (Å²) < 4.78 is 15.9. The van der Waals surface area contributed by atoms with Crippen LogP contribution in [0.4, 0.5) is 11.6 Å². The van der Waals surface area contributed by atoms with Crippen LogP contribution in [0.5, 0.6) is 0 Å². The van der Waals surface area contributed by atoms with Gasteiger partial charge < -0.3 is 15.1 Å². The molecule has 2 heterocycles. The minimum atomic E-state index is -1.60. The van der Waals surface area contributed by atoms with Crippen LogP contribution >= 0.6 is 0 Å². The summed E-state index contributed by atoms with van der Waals surface area (Å²) in [4.78, 5) is 26.4. The standard InChI is InChI=1S/C21H24N6O2S/c1-22-19-20(24-18-9-4-3-8-17(18)23-19)25-30(29)16-7-5-6-15(14-16)21(28)27-12-10-26(2)11-13-27/h3-9,14H,10-13H2,1-2H3,(H,22,23)(H,24,25). The largest absolute Gasteiger partial charge is 0.370 e. The van der Waals surface area contributed by atoms with Crippen LogP contribution in [0.25, 0.3) is 11.0 Å². The summed E-state index contributed by atoms with van der Waals surface area (Å²) in [6.07, 6.45) is 0. The van der Waals surface area contributed by atoms with E-state index >= 15 is 0 Å². The molecule has 0 aliphatic carbocycles. The predicted octanol–water partition coefficient (Wildman–Crippen LogP) is 2.19. The van der Waals surface area contributed by atoms with Crippen LogP contribution in [-0.2, 0) is 11.0 Å². The van der Waals surface area contributed by atoms with E-state index in [0.717, 1.165) is 18.6 Å². The first-order valence-corrected chi connectivity index (χ1v) is 10.9. The second kappa shape index (κ2) is 8.76. The Bertz CT molecular complexity index is 1100. The molecule has 2 aromatic carbocycles. The van der Waals surface area contributed by atoms with Crippen LogP contribution in [0.1, 0.15) is 10.4 Å². The second-order valence-corrected chi connectivity index (χ2v) is 8.37. The van der Waals surface area contributed by atoms with E-state index < -0.39 is 11.0 Å². The van der Waals surface area contributed by atoms with Gasteiger partial charge in [-0.05, 0) is 37.4 Å². The summed E-state index contributed by atoms with van der Waals surface area (Å²) in [6, 6.07) is 14.4. The number of aromatic nitrogens is 2. The minimum absolute atomic E-state index is 0.0386. The van der Waals surface area contributed by atoms with Crippen LogP contribution in [0.3, 0.4) is 0 Å². The Morgan fingerprint density at radius 3 is 2.30 bits per heavy atom. The molecule has 3 aromatic rings. The molecule has 0 radical (unpaired) electrons. The number of hydrogen-bond acceptors (Lipinski definition) is 6. The van der Waals surface area contributed by atoms with Crippen molar-refractivity contribution < 1.29 is 9.00 Å². The van der Waals surface area contributed by atoms with E-state index in [1.807, 2.05) is 36.2 Å². The Morgan fingerprint density at radius 1 is 0.967 bits per heavy atom. The quantitative estimate of drug-likeness (QED) is 0.653. The summed E-state index contributed by atoms with van der Waals surface area (Å²) in [7, 11) is 2.19. The molecule has 0 bridgehead atoms. The number of piperazine rings is 1. The number of amides is 1. The number of para-hydroxylation sites is 2. The number of anilines is 2. The van der Waals surface area contributed by atoms with Crippen molar-refractivity contribution in [1.82, 2.24) is 19.8 Å². The van der Waals surface area contributed by atoms with Crippen LogP contribution in [0, 0.1) is 0 Å². The number of benzene rings is 2. The van der Waals surface area contributed by atoms with Gasteiger partial charge in [0, 0.05) is 38.8 Å². The zero-order valence-corrected chi connectivity index (χ0v) is 17.8. The summed E-state index contributed by atoms with van der Waals surface area (Å²) >= 11 is 0. The highest BCUT2D eigenvalue weighted by Crippen LogP contribution is 2.23. The third-order valence-corrected chi connectivity index (χ3v) is 6.14. The maximum atomic E-state index is 13.0. The minimum Gasteiger partial charge on any atom is -0.370 e. The highest BCUT2D eigenvalue weighted by Gasteiger charge is 2.21. The van der Waals surface area contributed by atoms with Crippen LogP contribution in [0.2, 0.25) is 0 Å². The fraction of sp³-hybridized carbons (Fsp3) is 0.286. The molecule has 8 nitrogen and oxygen atoms in total. The monoisotopic (exact) mass is 424 g/mol. The van der Waals surface area contributed by atoms with Crippen molar-refractivity contribution in [2.45, 2.75) is 4.90 Å². The fourth-order valence-corrected chi connectivity index (χ4v) is 4.20. The zero-order chi connectivity index (χ0) is 21.1. The Hall–Kier alpha value is -3.04. The van der Waals surface area contributed by atoms with Crippen LogP contribution < -0.4 is 10.0 Å². The van der Waals surface area contributed by atoms with E-state index in [0.29, 0.717) is 40.7 Å². The molecule has 156 valence electrons. The lowest BCUT2D eigenvalue weighted by Gasteiger charge is -2.32. The van der Waals surface area contributed by atoms with Gasteiger partial charge in [-0.25, -0.2) is 14.2 Å². The number of nitrogens with one attached hydrogen (secondary N) is 2. The van der Waals surface area contributed by atoms with Crippen molar-refractivity contribution in [2.75, 3.05) is 50.3 Å². The van der Waals surface area contributed by atoms with Crippen LogP contribution in [-0.4, -0.2) is 70.2 Å². The molecule has 9 heteroatoms. The summed E-state index contributed by atoms with van der Waals surface area (Å²) in [5.74, 6) is 0.861. The molecular formula is C21H24N6O2S. The zero-order valence-electron chi connectivity index (χ0n) is 17.0. The van der Waals surface area contributed by atoms with Crippen LogP contribution in [0.15, 0.2) is 53.4 Å². The predicted molar refractivity (Wildman–Crippen MR) is 119 cm³/mol. The van der Waals surface area contributed by atoms with E-state index in [1.165, 1.54) is 0 Å². The van der Waals surface area contributed by atoms with E-state index in [-0.39, 0.29) is 5.91 Å². The van der Waals surface area contributed by atoms with Gasteiger partial charge in [0.15, 0.2) is 22.6 Å². The molecule has 1 saturated heterocycles. The molecule has 1 atom stereocenters. The van der Waals surface area contributed by atoms with E-state index in [9.17, 15) is 9.00 Å². The van der Waals surface area contributed by atoms with E-state index in [2.05, 4.69) is 24.9 Å². The van der Waals surface area contributed by atoms with Gasteiger partial charge in [0.1, 0.15) is 0 Å². The molecule has 2 N–H and O–H groups in total. The highest BCUT2D eigenvalue weighted by atomic mass is 32.2. The lowest BCUT2D eigenvalue weighted by molar-refractivity contribution is 0.0664. The molecule has 1 aromatic heterocycles. The lowest BCUT2D eigenvalue weighted by atomic mass is 10.2. The molecule has 1 unspecified atom stereocenters. The average Bonchev–Trinajstić information content (AvgIpc) is 2.78. The van der Waals surface area contributed by atoms with Crippen molar-refractivity contribution in [3.05, 3.63) is 54.1 Å². The third-order valence-electron chi connectivity index (χ3n) is 5.08. The van der Waals surface area contributed by atoms with Gasteiger partial charge >= 0.3 is 0 Å². The van der Waals surface area contributed by atoms with Crippen molar-refractivity contribution in [3.63, 3.8) is 0 Å². The van der Waals surface area contributed by atoms with E-state index in [1.54, 1.807) is 31.3 Å². The van der Waals surface area contributed by atoms with Gasteiger partial charge in [0.2, 0.25) is 0 Å². The number of hydrogen-bond donors (Lipinski definition) is 2. The smallest absolute Gasteiger partial charge is 0.253 e. The van der Waals surface area contributed by atoms with Crippen molar-refractivity contribution >= 4 is 39.6 Å². The molecule has 1 fully saturated rings. The van der Waals surface area contributed by atoms with Gasteiger partial charge in [-0.3, -0.25) is 9.52 Å². The SMILES string of the molecule is CNc1nc2ccccc2nc1NS(=O)c1cccc(C(=O)N2CCN(C)CC2)c1. The Morgan fingerprint density at radius 2 is 1.63 bits per heavy atom. The molecule has 4 rings (SSSR count). The highest BCUT2D eigenvalue weighted by molar-refractivity contribution is 7.86. The first-order chi connectivity index (χ1) is 14.5. The first kappa shape index (κ1) is 20.2.